The van der Waals surface area contributed by atoms with E-state index in [1.54, 1.807) is 0 Å². The summed E-state index contributed by atoms with van der Waals surface area (Å²) in [4.78, 5) is 16.9. The Bertz CT molecular complexity index is 333. The van der Waals surface area contributed by atoms with Gasteiger partial charge in [-0.25, -0.2) is 0 Å². The Labute approximate surface area is 130 Å². The van der Waals surface area contributed by atoms with Crippen LogP contribution in [-0.2, 0) is 4.79 Å². The first-order chi connectivity index (χ1) is 10.1. The molecule has 0 atom stereocenters. The van der Waals surface area contributed by atoms with Crippen molar-refractivity contribution in [3.05, 3.63) is 0 Å². The zero-order valence-electron chi connectivity index (χ0n) is 13.9. The van der Waals surface area contributed by atoms with Gasteiger partial charge in [-0.05, 0) is 38.6 Å². The van der Waals surface area contributed by atoms with Crippen molar-refractivity contribution in [1.82, 2.24) is 9.80 Å². The maximum Gasteiger partial charge on any atom is 0.236 e. The standard InChI is InChI=1S/C17H33N3O/c1-3-12-20(13-16(21)19(2)15-8-9-15)17(14-18)10-6-4-5-7-11-17/h15H,3-14,18H2,1-2H3. The van der Waals surface area contributed by atoms with E-state index in [-0.39, 0.29) is 11.4 Å². The molecule has 0 bridgehead atoms. The Kier molecular flexibility index (Phi) is 6.06. The lowest BCUT2D eigenvalue weighted by molar-refractivity contribution is -0.133. The maximum atomic E-state index is 12.5. The first-order valence-corrected chi connectivity index (χ1v) is 8.84. The van der Waals surface area contributed by atoms with Gasteiger partial charge in [0.1, 0.15) is 0 Å². The van der Waals surface area contributed by atoms with Crippen LogP contribution < -0.4 is 5.73 Å². The minimum absolute atomic E-state index is 0.0621. The molecule has 0 heterocycles. The molecule has 0 radical (unpaired) electrons. The average molecular weight is 295 g/mol. The fourth-order valence-corrected chi connectivity index (χ4v) is 3.73. The fourth-order valence-electron chi connectivity index (χ4n) is 3.73. The molecule has 2 aliphatic carbocycles. The van der Waals surface area contributed by atoms with Crippen LogP contribution in [0, 0.1) is 0 Å². The number of rotatable bonds is 7. The number of nitrogens with zero attached hydrogens (tertiary/aromatic N) is 2. The third-order valence-corrected chi connectivity index (χ3v) is 5.39. The second-order valence-corrected chi connectivity index (χ2v) is 7.00. The third kappa shape index (κ3) is 4.19. The summed E-state index contributed by atoms with van der Waals surface area (Å²) in [6.07, 6.45) is 10.9. The average Bonchev–Trinajstić information content (AvgIpc) is 3.32. The van der Waals surface area contributed by atoms with Crippen LogP contribution >= 0.6 is 0 Å². The second-order valence-electron chi connectivity index (χ2n) is 7.00. The van der Waals surface area contributed by atoms with E-state index in [9.17, 15) is 4.79 Å². The highest BCUT2D eigenvalue weighted by molar-refractivity contribution is 5.78. The van der Waals surface area contributed by atoms with Crippen LogP contribution in [0.4, 0.5) is 0 Å². The predicted octanol–water partition coefficient (Wildman–Crippen LogP) is 2.37. The zero-order chi connectivity index (χ0) is 15.3. The van der Waals surface area contributed by atoms with E-state index >= 15 is 0 Å². The van der Waals surface area contributed by atoms with Crippen LogP contribution in [0.5, 0.6) is 0 Å². The summed E-state index contributed by atoms with van der Waals surface area (Å²) in [7, 11) is 1.96. The van der Waals surface area contributed by atoms with E-state index in [0.717, 1.165) is 25.8 Å². The molecule has 2 rings (SSSR count). The van der Waals surface area contributed by atoms with Gasteiger partial charge in [0, 0.05) is 25.2 Å². The molecule has 0 saturated heterocycles. The molecule has 0 aliphatic heterocycles. The molecular weight excluding hydrogens is 262 g/mol. The van der Waals surface area contributed by atoms with Gasteiger partial charge in [0.05, 0.1) is 6.54 Å². The summed E-state index contributed by atoms with van der Waals surface area (Å²) in [6.45, 7) is 4.43. The normalized spacial score (nSPS) is 22.1. The number of hydrogen-bond acceptors (Lipinski definition) is 3. The van der Waals surface area contributed by atoms with Crippen LogP contribution in [0.2, 0.25) is 0 Å². The lowest BCUT2D eigenvalue weighted by Gasteiger charge is -2.43. The first kappa shape index (κ1) is 16.8. The molecular formula is C17H33N3O. The number of amides is 1. The molecule has 4 nitrogen and oxygen atoms in total. The van der Waals surface area contributed by atoms with Crippen molar-refractivity contribution in [2.75, 3.05) is 26.7 Å². The Hall–Kier alpha value is -0.610. The molecule has 0 aromatic heterocycles. The molecule has 2 N–H and O–H groups in total. The number of carbonyl (C=O) groups is 1. The van der Waals surface area contributed by atoms with Crippen LogP contribution in [0.3, 0.4) is 0 Å². The minimum atomic E-state index is 0.0621. The van der Waals surface area contributed by atoms with Gasteiger partial charge in [0.15, 0.2) is 0 Å². The third-order valence-electron chi connectivity index (χ3n) is 5.39. The van der Waals surface area contributed by atoms with Crippen molar-refractivity contribution in [1.29, 1.82) is 0 Å². The van der Waals surface area contributed by atoms with Crippen molar-refractivity contribution in [3.63, 3.8) is 0 Å². The topological polar surface area (TPSA) is 49.6 Å². The SMILES string of the molecule is CCCN(CC(=O)N(C)C1CC1)C1(CN)CCCCCC1. The highest BCUT2D eigenvalue weighted by Gasteiger charge is 2.38. The molecule has 0 aromatic carbocycles. The molecule has 1 amide bonds. The molecule has 0 aromatic rings. The number of hydrogen-bond donors (Lipinski definition) is 1. The highest BCUT2D eigenvalue weighted by Crippen LogP contribution is 2.32. The van der Waals surface area contributed by atoms with E-state index in [4.69, 9.17) is 5.73 Å². The van der Waals surface area contributed by atoms with Gasteiger partial charge < -0.3 is 10.6 Å². The molecule has 2 aliphatic rings. The Morgan fingerprint density at radius 2 is 1.81 bits per heavy atom. The number of likely N-dealkylation sites (N-methyl/N-ethyl adjacent to an activating group) is 1. The highest BCUT2D eigenvalue weighted by atomic mass is 16.2. The van der Waals surface area contributed by atoms with E-state index in [0.29, 0.717) is 19.1 Å². The van der Waals surface area contributed by atoms with Crippen molar-refractivity contribution in [3.8, 4) is 0 Å². The predicted molar refractivity (Wildman–Crippen MR) is 87.1 cm³/mol. The first-order valence-electron chi connectivity index (χ1n) is 8.84. The van der Waals surface area contributed by atoms with Crippen LogP contribution in [0.15, 0.2) is 0 Å². The Balaban J connectivity index is 2.05. The van der Waals surface area contributed by atoms with Gasteiger partial charge in [0.2, 0.25) is 5.91 Å². The fraction of sp³-hybridized carbons (Fsp3) is 0.941. The van der Waals surface area contributed by atoms with Crippen LogP contribution in [-0.4, -0.2) is 54.0 Å². The molecule has 2 saturated carbocycles. The molecule has 0 spiro atoms. The maximum absolute atomic E-state index is 12.5. The summed E-state index contributed by atoms with van der Waals surface area (Å²) in [6, 6.07) is 0.504. The van der Waals surface area contributed by atoms with Crippen LogP contribution in [0.1, 0.15) is 64.7 Å². The van der Waals surface area contributed by atoms with Gasteiger partial charge in [-0.2, -0.15) is 0 Å². The lowest BCUT2D eigenvalue weighted by Crippen LogP contribution is -2.56. The summed E-state index contributed by atoms with van der Waals surface area (Å²) >= 11 is 0. The van der Waals surface area contributed by atoms with Crippen molar-refractivity contribution in [2.24, 2.45) is 5.73 Å². The second kappa shape index (κ2) is 7.59. The van der Waals surface area contributed by atoms with Crippen LogP contribution in [0.25, 0.3) is 0 Å². The molecule has 2 fully saturated rings. The van der Waals surface area contributed by atoms with Crippen molar-refractivity contribution < 1.29 is 4.79 Å². The summed E-state index contributed by atoms with van der Waals surface area (Å²) in [5, 5.41) is 0. The van der Waals surface area contributed by atoms with Crippen molar-refractivity contribution >= 4 is 5.91 Å². The summed E-state index contributed by atoms with van der Waals surface area (Å²) in [5.74, 6) is 0.281. The van der Waals surface area contributed by atoms with Crippen molar-refractivity contribution in [2.45, 2.75) is 76.3 Å². The smallest absolute Gasteiger partial charge is 0.236 e. The van der Waals surface area contributed by atoms with Gasteiger partial charge >= 0.3 is 0 Å². The quantitative estimate of drug-likeness (QED) is 0.734. The molecule has 4 heteroatoms. The molecule has 122 valence electrons. The minimum Gasteiger partial charge on any atom is -0.342 e. The van der Waals surface area contributed by atoms with E-state index < -0.39 is 0 Å². The molecule has 0 unspecified atom stereocenters. The number of carbonyl (C=O) groups excluding carboxylic acids is 1. The largest absolute Gasteiger partial charge is 0.342 e. The Morgan fingerprint density at radius 3 is 2.29 bits per heavy atom. The monoisotopic (exact) mass is 295 g/mol. The molecule has 21 heavy (non-hydrogen) atoms. The van der Waals surface area contributed by atoms with Gasteiger partial charge in [-0.3, -0.25) is 9.69 Å². The van der Waals surface area contributed by atoms with E-state index in [1.165, 1.54) is 38.5 Å². The van der Waals surface area contributed by atoms with E-state index in [2.05, 4.69) is 11.8 Å². The van der Waals surface area contributed by atoms with Gasteiger partial charge in [-0.15, -0.1) is 0 Å². The summed E-state index contributed by atoms with van der Waals surface area (Å²) < 4.78 is 0. The van der Waals surface area contributed by atoms with Gasteiger partial charge in [-0.1, -0.05) is 32.6 Å². The van der Waals surface area contributed by atoms with Gasteiger partial charge in [0.25, 0.3) is 0 Å². The lowest BCUT2D eigenvalue weighted by atomic mass is 9.87. The van der Waals surface area contributed by atoms with E-state index in [1.807, 2.05) is 11.9 Å². The zero-order valence-corrected chi connectivity index (χ0v) is 13.9. The summed E-state index contributed by atoms with van der Waals surface area (Å²) in [5.41, 5.74) is 6.26. The Morgan fingerprint density at radius 1 is 1.19 bits per heavy atom. The number of nitrogens with two attached hydrogens (primary N) is 1.